The van der Waals surface area contributed by atoms with E-state index in [0.717, 1.165) is 18.4 Å². The third-order valence-corrected chi connectivity index (χ3v) is 2.65. The van der Waals surface area contributed by atoms with E-state index in [1.807, 2.05) is 0 Å². The van der Waals surface area contributed by atoms with Gasteiger partial charge in [0.2, 0.25) is 5.88 Å². The van der Waals surface area contributed by atoms with Gasteiger partial charge in [0.15, 0.2) is 5.65 Å². The second-order valence-electron chi connectivity index (χ2n) is 3.49. The third kappa shape index (κ3) is 1.26. The molecule has 6 heteroatoms. The first kappa shape index (κ1) is 8.91. The molecule has 2 aromatic heterocycles. The SMILES string of the molecule is Cc1nc(Cl)c2c3n(nc2n1)CCCO3. The number of aryl methyl sites for hydroxylation is 2. The van der Waals surface area contributed by atoms with Crippen molar-refractivity contribution in [1.82, 2.24) is 19.7 Å². The van der Waals surface area contributed by atoms with Gasteiger partial charge in [-0.3, -0.25) is 0 Å². The molecule has 0 atom stereocenters. The van der Waals surface area contributed by atoms with E-state index >= 15 is 0 Å². The minimum Gasteiger partial charge on any atom is -0.477 e. The summed E-state index contributed by atoms with van der Waals surface area (Å²) in [6, 6.07) is 0. The van der Waals surface area contributed by atoms with Crippen LogP contribution in [-0.4, -0.2) is 26.4 Å². The fourth-order valence-corrected chi connectivity index (χ4v) is 2.04. The van der Waals surface area contributed by atoms with Crippen molar-refractivity contribution < 1.29 is 4.74 Å². The van der Waals surface area contributed by atoms with Gasteiger partial charge in [-0.15, -0.1) is 5.10 Å². The normalized spacial score (nSPS) is 15.1. The highest BCUT2D eigenvalue weighted by molar-refractivity contribution is 6.34. The Labute approximate surface area is 91.0 Å². The number of fused-ring (bicyclic) bond motifs is 3. The van der Waals surface area contributed by atoms with Gasteiger partial charge in [-0.05, 0) is 6.92 Å². The molecule has 0 saturated carbocycles. The average molecular weight is 225 g/mol. The fourth-order valence-electron chi connectivity index (χ4n) is 1.75. The molecule has 0 saturated heterocycles. The first-order valence-corrected chi connectivity index (χ1v) is 5.17. The number of halogens is 1. The summed E-state index contributed by atoms with van der Waals surface area (Å²) in [4.78, 5) is 8.34. The number of aromatic nitrogens is 4. The maximum atomic E-state index is 6.06. The minimum absolute atomic E-state index is 0.417. The Balaban J connectivity index is 2.37. The topological polar surface area (TPSA) is 52.8 Å². The number of ether oxygens (including phenoxy) is 1. The van der Waals surface area contributed by atoms with E-state index in [2.05, 4.69) is 15.1 Å². The van der Waals surface area contributed by atoms with Crippen LogP contribution in [0.4, 0.5) is 0 Å². The zero-order valence-corrected chi connectivity index (χ0v) is 8.95. The molecule has 0 amide bonds. The van der Waals surface area contributed by atoms with E-state index in [-0.39, 0.29) is 0 Å². The van der Waals surface area contributed by atoms with Crippen molar-refractivity contribution in [2.45, 2.75) is 19.9 Å². The van der Waals surface area contributed by atoms with Crippen LogP contribution < -0.4 is 4.74 Å². The zero-order valence-electron chi connectivity index (χ0n) is 8.20. The Morgan fingerprint density at radius 3 is 3.13 bits per heavy atom. The van der Waals surface area contributed by atoms with Gasteiger partial charge in [-0.2, -0.15) is 0 Å². The molecular weight excluding hydrogens is 216 g/mol. The predicted octanol–water partition coefficient (Wildman–Crippen LogP) is 1.57. The fraction of sp³-hybridized carbons (Fsp3) is 0.444. The summed E-state index contributed by atoms with van der Waals surface area (Å²) in [7, 11) is 0. The Kier molecular flexibility index (Phi) is 1.82. The van der Waals surface area contributed by atoms with Gasteiger partial charge in [0.25, 0.3) is 0 Å². The van der Waals surface area contributed by atoms with Gasteiger partial charge in [0, 0.05) is 13.0 Å². The van der Waals surface area contributed by atoms with E-state index in [9.17, 15) is 0 Å². The van der Waals surface area contributed by atoms with Crippen molar-refractivity contribution in [3.8, 4) is 5.88 Å². The first-order valence-electron chi connectivity index (χ1n) is 4.79. The summed E-state index contributed by atoms with van der Waals surface area (Å²) in [6.07, 6.45) is 0.963. The molecule has 0 aromatic carbocycles. The lowest BCUT2D eigenvalue weighted by Crippen LogP contribution is -2.14. The third-order valence-electron chi connectivity index (χ3n) is 2.37. The molecule has 78 valence electrons. The van der Waals surface area contributed by atoms with Gasteiger partial charge in [0.05, 0.1) is 6.61 Å². The van der Waals surface area contributed by atoms with Crippen LogP contribution in [0.5, 0.6) is 5.88 Å². The lowest BCUT2D eigenvalue weighted by Gasteiger charge is -2.14. The van der Waals surface area contributed by atoms with E-state index < -0.39 is 0 Å². The zero-order chi connectivity index (χ0) is 10.4. The summed E-state index contributed by atoms with van der Waals surface area (Å²) < 4.78 is 7.33. The van der Waals surface area contributed by atoms with Crippen LogP contribution in [0, 0.1) is 6.92 Å². The highest BCUT2D eigenvalue weighted by Crippen LogP contribution is 2.31. The van der Waals surface area contributed by atoms with E-state index in [4.69, 9.17) is 16.3 Å². The minimum atomic E-state index is 0.417. The molecule has 0 spiro atoms. The Bertz CT molecular complexity index is 536. The van der Waals surface area contributed by atoms with Gasteiger partial charge < -0.3 is 4.74 Å². The van der Waals surface area contributed by atoms with Crippen molar-refractivity contribution in [3.05, 3.63) is 11.0 Å². The van der Waals surface area contributed by atoms with Gasteiger partial charge in [-0.1, -0.05) is 11.6 Å². The van der Waals surface area contributed by atoms with E-state index in [0.29, 0.717) is 29.1 Å². The Hall–Kier alpha value is -1.36. The summed E-state index contributed by atoms with van der Waals surface area (Å²) >= 11 is 6.06. The number of hydrogen-bond donors (Lipinski definition) is 0. The molecule has 3 rings (SSSR count). The Morgan fingerprint density at radius 1 is 1.40 bits per heavy atom. The molecule has 1 aliphatic heterocycles. The number of nitrogens with zero attached hydrogens (tertiary/aromatic N) is 4. The lowest BCUT2D eigenvalue weighted by atomic mass is 10.3. The molecule has 15 heavy (non-hydrogen) atoms. The van der Waals surface area contributed by atoms with Crippen LogP contribution in [-0.2, 0) is 6.54 Å². The molecule has 0 unspecified atom stereocenters. The van der Waals surface area contributed by atoms with E-state index in [1.165, 1.54) is 0 Å². The van der Waals surface area contributed by atoms with Crippen molar-refractivity contribution in [2.75, 3.05) is 6.61 Å². The Morgan fingerprint density at radius 2 is 2.27 bits per heavy atom. The van der Waals surface area contributed by atoms with Crippen LogP contribution in [0.2, 0.25) is 5.15 Å². The van der Waals surface area contributed by atoms with Gasteiger partial charge in [-0.25, -0.2) is 14.6 Å². The van der Waals surface area contributed by atoms with Crippen molar-refractivity contribution in [3.63, 3.8) is 0 Å². The molecule has 2 aromatic rings. The molecule has 0 radical (unpaired) electrons. The smallest absolute Gasteiger partial charge is 0.224 e. The summed E-state index contributed by atoms with van der Waals surface area (Å²) in [5.41, 5.74) is 0.615. The number of hydrogen-bond acceptors (Lipinski definition) is 4. The van der Waals surface area contributed by atoms with Crippen LogP contribution >= 0.6 is 11.6 Å². The summed E-state index contributed by atoms with van der Waals surface area (Å²) in [5, 5.41) is 5.47. The average Bonchev–Trinajstić information content (AvgIpc) is 2.54. The summed E-state index contributed by atoms with van der Waals surface area (Å²) in [5.74, 6) is 1.32. The molecule has 1 aliphatic rings. The van der Waals surface area contributed by atoms with Crippen LogP contribution in [0.15, 0.2) is 0 Å². The standard InChI is InChI=1S/C9H9ClN4O/c1-5-11-7(10)6-8(12-5)13-14-3-2-4-15-9(6)14/h2-4H2,1H3. The van der Waals surface area contributed by atoms with Crippen molar-refractivity contribution in [2.24, 2.45) is 0 Å². The molecule has 3 heterocycles. The lowest BCUT2D eigenvalue weighted by molar-refractivity contribution is 0.233. The number of rotatable bonds is 0. The van der Waals surface area contributed by atoms with E-state index in [1.54, 1.807) is 11.6 Å². The monoisotopic (exact) mass is 224 g/mol. The molecule has 0 N–H and O–H groups in total. The highest BCUT2D eigenvalue weighted by atomic mass is 35.5. The van der Waals surface area contributed by atoms with Crippen molar-refractivity contribution >= 4 is 22.6 Å². The summed E-state index contributed by atoms with van der Waals surface area (Å²) in [6.45, 7) is 3.34. The second-order valence-corrected chi connectivity index (χ2v) is 3.85. The van der Waals surface area contributed by atoms with Crippen LogP contribution in [0.3, 0.4) is 0 Å². The van der Waals surface area contributed by atoms with Gasteiger partial charge >= 0.3 is 0 Å². The molecule has 0 bridgehead atoms. The van der Waals surface area contributed by atoms with Crippen LogP contribution in [0.25, 0.3) is 11.0 Å². The first-order chi connectivity index (χ1) is 7.25. The van der Waals surface area contributed by atoms with Crippen molar-refractivity contribution in [1.29, 1.82) is 0 Å². The maximum absolute atomic E-state index is 6.06. The quantitative estimate of drug-likeness (QED) is 0.638. The van der Waals surface area contributed by atoms with Crippen LogP contribution in [0.1, 0.15) is 12.2 Å². The highest BCUT2D eigenvalue weighted by Gasteiger charge is 2.20. The maximum Gasteiger partial charge on any atom is 0.224 e. The molecule has 5 nitrogen and oxygen atoms in total. The second kappa shape index (κ2) is 3.06. The van der Waals surface area contributed by atoms with Gasteiger partial charge in [0.1, 0.15) is 16.4 Å². The molecule has 0 fully saturated rings. The predicted molar refractivity (Wildman–Crippen MR) is 55.2 cm³/mol. The largest absolute Gasteiger partial charge is 0.477 e. The molecular formula is C9H9ClN4O. The molecule has 0 aliphatic carbocycles.